The largest absolute Gasteiger partial charge is 0.338 e. The first-order valence-corrected chi connectivity index (χ1v) is 6.14. The highest BCUT2D eigenvalue weighted by molar-refractivity contribution is 5.79. The highest BCUT2D eigenvalue weighted by atomic mass is 16.2. The Morgan fingerprint density at radius 2 is 1.88 bits per heavy atom. The van der Waals surface area contributed by atoms with Gasteiger partial charge in [0.05, 0.1) is 5.92 Å². The molecule has 3 heteroatoms. The van der Waals surface area contributed by atoms with Gasteiger partial charge in [-0.05, 0) is 19.4 Å². The lowest BCUT2D eigenvalue weighted by atomic mass is 10.0. The van der Waals surface area contributed by atoms with E-state index in [4.69, 9.17) is 5.73 Å². The smallest absolute Gasteiger partial charge is 0.227 e. The molecule has 3 nitrogen and oxygen atoms in total. The Balaban J connectivity index is 2.69. The van der Waals surface area contributed by atoms with Crippen molar-refractivity contribution in [3.63, 3.8) is 0 Å². The van der Waals surface area contributed by atoms with Crippen molar-refractivity contribution >= 4 is 5.91 Å². The van der Waals surface area contributed by atoms with E-state index < -0.39 is 0 Å². The molecule has 0 saturated heterocycles. The topological polar surface area (TPSA) is 46.3 Å². The number of carbonyl (C=O) groups is 1. The van der Waals surface area contributed by atoms with E-state index in [1.54, 1.807) is 0 Å². The predicted molar refractivity (Wildman–Crippen MR) is 70.3 cm³/mol. The Kier molecular flexibility index (Phi) is 5.16. The summed E-state index contributed by atoms with van der Waals surface area (Å²) in [5.74, 6) is 0.00464. The minimum Gasteiger partial charge on any atom is -0.338 e. The quantitative estimate of drug-likeness (QED) is 0.847. The zero-order chi connectivity index (χ0) is 12.8. The van der Waals surface area contributed by atoms with Gasteiger partial charge in [0.1, 0.15) is 0 Å². The highest BCUT2D eigenvalue weighted by Gasteiger charge is 2.22. The Labute approximate surface area is 104 Å². The van der Waals surface area contributed by atoms with Crippen LogP contribution in [-0.2, 0) is 11.3 Å². The first-order chi connectivity index (χ1) is 8.06. The minimum atomic E-state index is -0.126. The van der Waals surface area contributed by atoms with Crippen LogP contribution in [0.25, 0.3) is 0 Å². The molecule has 1 rings (SSSR count). The van der Waals surface area contributed by atoms with Crippen LogP contribution >= 0.6 is 0 Å². The first-order valence-electron chi connectivity index (χ1n) is 6.14. The third kappa shape index (κ3) is 3.86. The van der Waals surface area contributed by atoms with Gasteiger partial charge in [0.2, 0.25) is 5.91 Å². The van der Waals surface area contributed by atoms with Crippen molar-refractivity contribution in [3.05, 3.63) is 35.9 Å². The van der Waals surface area contributed by atoms with Crippen LogP contribution in [0.15, 0.2) is 30.3 Å². The molecular weight excluding hydrogens is 212 g/mol. The number of carbonyl (C=O) groups excluding carboxylic acids is 1. The van der Waals surface area contributed by atoms with Crippen LogP contribution < -0.4 is 5.73 Å². The van der Waals surface area contributed by atoms with Crippen molar-refractivity contribution in [2.45, 2.75) is 33.4 Å². The van der Waals surface area contributed by atoms with Crippen LogP contribution in [0.2, 0.25) is 0 Å². The summed E-state index contributed by atoms with van der Waals surface area (Å²) in [5, 5.41) is 0. The van der Waals surface area contributed by atoms with Crippen molar-refractivity contribution in [2.24, 2.45) is 11.7 Å². The monoisotopic (exact) mass is 234 g/mol. The molecule has 17 heavy (non-hydrogen) atoms. The zero-order valence-corrected chi connectivity index (χ0v) is 10.9. The van der Waals surface area contributed by atoms with Gasteiger partial charge in [0.25, 0.3) is 0 Å². The van der Waals surface area contributed by atoms with Crippen LogP contribution in [0, 0.1) is 5.92 Å². The van der Waals surface area contributed by atoms with Crippen molar-refractivity contribution < 1.29 is 4.79 Å². The molecule has 0 radical (unpaired) electrons. The van der Waals surface area contributed by atoms with Crippen LogP contribution in [0.5, 0.6) is 0 Å². The zero-order valence-electron chi connectivity index (χ0n) is 10.9. The van der Waals surface area contributed by atoms with E-state index in [1.165, 1.54) is 0 Å². The molecule has 1 amide bonds. The molecule has 2 N–H and O–H groups in total. The molecule has 0 saturated carbocycles. The standard InChI is InChI=1S/C14H22N2O/c1-4-16(14(17)11(2)12(3)15)10-13-8-6-5-7-9-13/h5-9,11-12H,4,10,15H2,1-3H3. The maximum absolute atomic E-state index is 12.2. The summed E-state index contributed by atoms with van der Waals surface area (Å²) in [7, 11) is 0. The second kappa shape index (κ2) is 6.40. The van der Waals surface area contributed by atoms with Crippen molar-refractivity contribution in [1.82, 2.24) is 4.90 Å². The molecule has 1 aromatic carbocycles. The van der Waals surface area contributed by atoms with Crippen LogP contribution in [0.1, 0.15) is 26.3 Å². The molecular formula is C14H22N2O. The van der Waals surface area contributed by atoms with E-state index >= 15 is 0 Å². The van der Waals surface area contributed by atoms with Crippen LogP contribution in [0.3, 0.4) is 0 Å². The summed E-state index contributed by atoms with van der Waals surface area (Å²) in [5.41, 5.74) is 6.93. The second-order valence-corrected chi connectivity index (χ2v) is 4.49. The molecule has 0 aliphatic heterocycles. The minimum absolute atomic E-state index is 0.104. The van der Waals surface area contributed by atoms with E-state index in [9.17, 15) is 4.79 Å². The summed E-state index contributed by atoms with van der Waals surface area (Å²) in [6, 6.07) is 9.92. The maximum Gasteiger partial charge on any atom is 0.227 e. The van der Waals surface area contributed by atoms with E-state index in [1.807, 2.05) is 56.0 Å². The van der Waals surface area contributed by atoms with Gasteiger partial charge in [-0.2, -0.15) is 0 Å². The number of benzene rings is 1. The van der Waals surface area contributed by atoms with Gasteiger partial charge < -0.3 is 10.6 Å². The van der Waals surface area contributed by atoms with Crippen molar-refractivity contribution in [2.75, 3.05) is 6.54 Å². The van der Waals surface area contributed by atoms with Gasteiger partial charge in [-0.25, -0.2) is 0 Å². The van der Waals surface area contributed by atoms with Crippen molar-refractivity contribution in [3.8, 4) is 0 Å². The number of nitrogens with two attached hydrogens (primary N) is 1. The van der Waals surface area contributed by atoms with Gasteiger partial charge in [-0.15, -0.1) is 0 Å². The summed E-state index contributed by atoms with van der Waals surface area (Å²) < 4.78 is 0. The van der Waals surface area contributed by atoms with Gasteiger partial charge in [-0.3, -0.25) is 4.79 Å². The lowest BCUT2D eigenvalue weighted by Gasteiger charge is -2.26. The SMILES string of the molecule is CCN(Cc1ccccc1)C(=O)C(C)C(C)N. The predicted octanol–water partition coefficient (Wildman–Crippen LogP) is 2.02. The summed E-state index contributed by atoms with van der Waals surface area (Å²) in [4.78, 5) is 14.0. The fourth-order valence-corrected chi connectivity index (χ4v) is 1.66. The summed E-state index contributed by atoms with van der Waals surface area (Å²) in [6.07, 6.45) is 0. The second-order valence-electron chi connectivity index (χ2n) is 4.49. The third-order valence-electron chi connectivity index (χ3n) is 3.09. The molecule has 0 fully saturated rings. The first kappa shape index (κ1) is 13.7. The number of nitrogens with zero attached hydrogens (tertiary/aromatic N) is 1. The molecule has 0 bridgehead atoms. The highest BCUT2D eigenvalue weighted by Crippen LogP contribution is 2.10. The molecule has 0 aliphatic carbocycles. The molecule has 0 heterocycles. The van der Waals surface area contributed by atoms with E-state index in [0.717, 1.165) is 5.56 Å². The van der Waals surface area contributed by atoms with E-state index in [0.29, 0.717) is 13.1 Å². The molecule has 0 spiro atoms. The van der Waals surface area contributed by atoms with Gasteiger partial charge >= 0.3 is 0 Å². The Bertz CT molecular complexity index is 348. The van der Waals surface area contributed by atoms with Crippen LogP contribution in [-0.4, -0.2) is 23.4 Å². The normalized spacial score (nSPS) is 14.1. The maximum atomic E-state index is 12.2. The molecule has 1 aromatic rings. The molecule has 94 valence electrons. The number of rotatable bonds is 5. The number of amides is 1. The summed E-state index contributed by atoms with van der Waals surface area (Å²) >= 11 is 0. The molecule has 2 atom stereocenters. The summed E-state index contributed by atoms with van der Waals surface area (Å²) in [6.45, 7) is 7.13. The average Bonchev–Trinajstić information content (AvgIpc) is 2.35. The van der Waals surface area contributed by atoms with Crippen molar-refractivity contribution in [1.29, 1.82) is 0 Å². The third-order valence-corrected chi connectivity index (χ3v) is 3.09. The lowest BCUT2D eigenvalue weighted by Crippen LogP contribution is -2.41. The molecule has 0 aliphatic rings. The Hall–Kier alpha value is -1.35. The lowest BCUT2D eigenvalue weighted by molar-refractivity contribution is -0.135. The van der Waals surface area contributed by atoms with Crippen LogP contribution in [0.4, 0.5) is 0 Å². The molecule has 0 aromatic heterocycles. The van der Waals surface area contributed by atoms with E-state index in [-0.39, 0.29) is 17.9 Å². The number of hydrogen-bond acceptors (Lipinski definition) is 2. The van der Waals surface area contributed by atoms with Gasteiger partial charge in [0.15, 0.2) is 0 Å². The van der Waals surface area contributed by atoms with E-state index in [2.05, 4.69) is 0 Å². The fourth-order valence-electron chi connectivity index (χ4n) is 1.66. The average molecular weight is 234 g/mol. The number of hydrogen-bond donors (Lipinski definition) is 1. The fraction of sp³-hybridized carbons (Fsp3) is 0.500. The van der Waals surface area contributed by atoms with Gasteiger partial charge in [0, 0.05) is 19.1 Å². The Morgan fingerprint density at radius 3 is 2.35 bits per heavy atom. The molecule has 2 unspecified atom stereocenters. The van der Waals surface area contributed by atoms with Gasteiger partial charge in [-0.1, -0.05) is 37.3 Å². The Morgan fingerprint density at radius 1 is 1.29 bits per heavy atom.